The Hall–Kier alpha value is -4.32. The van der Waals surface area contributed by atoms with Gasteiger partial charge in [0, 0.05) is 11.1 Å². The largest absolute Gasteiger partial charge is 0.459 e. The summed E-state index contributed by atoms with van der Waals surface area (Å²) in [5.41, 5.74) is -0.141. The van der Waals surface area contributed by atoms with Crippen molar-refractivity contribution in [3.63, 3.8) is 0 Å². The minimum absolute atomic E-state index is 0.172. The van der Waals surface area contributed by atoms with Crippen molar-refractivity contribution >= 4 is 23.9 Å². The number of rotatable bonds is 20. The Labute approximate surface area is 288 Å². The number of ether oxygens (including phenoxy) is 5. The molecule has 0 saturated heterocycles. The molecule has 0 aromatic heterocycles. The topological polar surface area (TPSA) is 155 Å². The van der Waals surface area contributed by atoms with Crippen molar-refractivity contribution in [2.45, 2.75) is 90.6 Å². The first kappa shape index (κ1) is 40.9. The summed E-state index contributed by atoms with van der Waals surface area (Å²) < 4.78 is 28.2. The van der Waals surface area contributed by atoms with Crippen molar-refractivity contribution in [3.8, 4) is 0 Å². The highest BCUT2D eigenvalue weighted by atomic mass is 16.6. The Morgan fingerprint density at radius 1 is 0.673 bits per heavy atom. The van der Waals surface area contributed by atoms with Crippen LogP contribution in [-0.4, -0.2) is 72.7 Å². The molecule has 0 saturated carbocycles. The smallest absolute Gasteiger partial charge is 0.339 e. The van der Waals surface area contributed by atoms with E-state index in [9.17, 15) is 29.4 Å². The van der Waals surface area contributed by atoms with E-state index >= 15 is 0 Å². The van der Waals surface area contributed by atoms with Crippen LogP contribution in [0.2, 0.25) is 0 Å². The van der Waals surface area contributed by atoms with Gasteiger partial charge in [-0.1, -0.05) is 77.3 Å². The molecule has 0 heterocycles. The lowest BCUT2D eigenvalue weighted by molar-refractivity contribution is -0.177. The van der Waals surface area contributed by atoms with Gasteiger partial charge in [0.15, 0.2) is 6.10 Å². The second-order valence-corrected chi connectivity index (χ2v) is 11.8. The number of benzene rings is 2. The number of carbonyl (C=O) groups is 4. The van der Waals surface area contributed by atoms with Crippen LogP contribution in [0.15, 0.2) is 72.8 Å². The van der Waals surface area contributed by atoms with E-state index in [-0.39, 0.29) is 35.5 Å². The van der Waals surface area contributed by atoms with Crippen LogP contribution in [0, 0.1) is 0 Å². The molecule has 0 amide bonds. The van der Waals surface area contributed by atoms with E-state index < -0.39 is 60.5 Å². The van der Waals surface area contributed by atoms with Crippen LogP contribution in [0.25, 0.3) is 0 Å². The zero-order valence-electron chi connectivity index (χ0n) is 29.4. The van der Waals surface area contributed by atoms with Gasteiger partial charge in [-0.2, -0.15) is 0 Å². The number of esters is 4. The molecular weight excluding hydrogens is 632 g/mol. The van der Waals surface area contributed by atoms with E-state index in [0.29, 0.717) is 36.8 Å². The number of carbonyl (C=O) groups excluding carboxylic acids is 4. The maximum atomic E-state index is 13.6. The number of hydrogen-bond donors (Lipinski definition) is 2. The Morgan fingerprint density at radius 2 is 1.08 bits per heavy atom. The highest BCUT2D eigenvalue weighted by Gasteiger charge is 2.44. The summed E-state index contributed by atoms with van der Waals surface area (Å²) in [5, 5.41) is 20.1. The zero-order valence-corrected chi connectivity index (χ0v) is 29.4. The summed E-state index contributed by atoms with van der Waals surface area (Å²) in [6, 6.07) is 13.8. The average Bonchev–Trinajstić information content (AvgIpc) is 3.11. The Balaban J connectivity index is 2.45. The summed E-state index contributed by atoms with van der Waals surface area (Å²) in [5.74, 6) is -2.75. The van der Waals surface area contributed by atoms with Crippen LogP contribution >= 0.6 is 0 Å². The van der Waals surface area contributed by atoms with Crippen molar-refractivity contribution in [2.75, 3.05) is 26.4 Å². The first-order valence-electron chi connectivity index (χ1n) is 16.5. The molecule has 2 rings (SSSR count). The standard InChI is InChI=1S/C38H50O11/c1-9-37(10-2,31-19-15-13-17-29(31)35(43)46-23-27(40)22-45-33(41)25(5)6)49-38(11-3,12-4)32-20-16-14-18-30(32)36(44)48-28(21-39)24-47-34(42)26(7)8/h13-20,27-28,39-40H,5,7,9-12,21-24H2,1-4,6,8H3. The highest BCUT2D eigenvalue weighted by Crippen LogP contribution is 2.46. The molecule has 0 fully saturated rings. The van der Waals surface area contributed by atoms with Gasteiger partial charge in [0.05, 0.1) is 28.9 Å². The molecule has 0 aliphatic rings. The normalized spacial score (nSPS) is 12.7. The van der Waals surface area contributed by atoms with Crippen molar-refractivity contribution in [2.24, 2.45) is 0 Å². The first-order chi connectivity index (χ1) is 23.2. The quantitative estimate of drug-likeness (QED) is 0.100. The molecular formula is C38H50O11. The Morgan fingerprint density at radius 3 is 1.51 bits per heavy atom. The van der Waals surface area contributed by atoms with E-state index in [4.69, 9.17) is 23.7 Å². The predicted octanol–water partition coefficient (Wildman–Crippen LogP) is 5.71. The van der Waals surface area contributed by atoms with Crippen molar-refractivity contribution in [1.29, 1.82) is 0 Å². The van der Waals surface area contributed by atoms with Crippen LogP contribution in [0.1, 0.15) is 99.1 Å². The van der Waals surface area contributed by atoms with Crippen molar-refractivity contribution in [1.82, 2.24) is 0 Å². The molecule has 0 bridgehead atoms. The third-order valence-corrected chi connectivity index (χ3v) is 8.34. The van der Waals surface area contributed by atoms with Gasteiger partial charge in [-0.3, -0.25) is 0 Å². The first-order valence-corrected chi connectivity index (χ1v) is 16.5. The predicted molar refractivity (Wildman–Crippen MR) is 183 cm³/mol. The zero-order chi connectivity index (χ0) is 36.8. The Bertz CT molecular complexity index is 1470. The SMILES string of the molecule is C=C(C)C(=O)OCC(O)COC(=O)c1ccccc1C(CC)(CC)OC(CC)(CC)c1ccccc1C(=O)OC(CO)COC(=O)C(=C)C. The molecule has 0 aliphatic heterocycles. The van der Waals surface area contributed by atoms with Crippen LogP contribution in [0.3, 0.4) is 0 Å². The molecule has 0 radical (unpaired) electrons. The molecule has 2 aromatic carbocycles. The van der Waals surface area contributed by atoms with Crippen LogP contribution in [0.5, 0.6) is 0 Å². The third kappa shape index (κ3) is 10.6. The van der Waals surface area contributed by atoms with E-state index in [1.54, 1.807) is 48.5 Å². The van der Waals surface area contributed by atoms with E-state index in [1.165, 1.54) is 13.8 Å². The van der Waals surface area contributed by atoms with Gasteiger partial charge in [-0.25, -0.2) is 19.2 Å². The fraction of sp³-hybridized carbons (Fsp3) is 0.474. The molecule has 2 aromatic rings. The fourth-order valence-electron chi connectivity index (χ4n) is 5.37. The Kier molecular flexibility index (Phi) is 15.9. The molecule has 2 unspecified atom stereocenters. The van der Waals surface area contributed by atoms with Gasteiger partial charge in [-0.15, -0.1) is 0 Å². The molecule has 0 spiro atoms. The maximum Gasteiger partial charge on any atom is 0.339 e. The second kappa shape index (κ2) is 19.0. The van der Waals surface area contributed by atoms with E-state index in [1.807, 2.05) is 27.7 Å². The fourth-order valence-corrected chi connectivity index (χ4v) is 5.37. The summed E-state index contributed by atoms with van der Waals surface area (Å²) >= 11 is 0. The van der Waals surface area contributed by atoms with Crippen LogP contribution < -0.4 is 0 Å². The molecule has 11 heteroatoms. The van der Waals surface area contributed by atoms with Crippen molar-refractivity contribution in [3.05, 3.63) is 95.1 Å². The second-order valence-electron chi connectivity index (χ2n) is 11.8. The minimum atomic E-state index is -1.24. The highest BCUT2D eigenvalue weighted by molar-refractivity contribution is 5.92. The lowest BCUT2D eigenvalue weighted by Crippen LogP contribution is -2.42. The van der Waals surface area contributed by atoms with Gasteiger partial charge >= 0.3 is 23.9 Å². The van der Waals surface area contributed by atoms with E-state index in [2.05, 4.69) is 13.2 Å². The lowest BCUT2D eigenvalue weighted by Gasteiger charge is -2.45. The van der Waals surface area contributed by atoms with E-state index in [0.717, 1.165) is 0 Å². The van der Waals surface area contributed by atoms with Gasteiger partial charge in [-0.05, 0) is 62.8 Å². The summed E-state index contributed by atoms with van der Waals surface area (Å²) in [7, 11) is 0. The molecule has 49 heavy (non-hydrogen) atoms. The number of hydrogen-bond acceptors (Lipinski definition) is 11. The van der Waals surface area contributed by atoms with Crippen molar-refractivity contribution < 1.29 is 53.1 Å². The monoisotopic (exact) mass is 682 g/mol. The molecule has 0 aliphatic carbocycles. The summed E-state index contributed by atoms with van der Waals surface area (Å²) in [6.07, 6.45) is -0.578. The molecule has 2 N–H and O–H groups in total. The summed E-state index contributed by atoms with van der Waals surface area (Å²) in [4.78, 5) is 50.6. The van der Waals surface area contributed by atoms with Crippen LogP contribution in [0.4, 0.5) is 0 Å². The molecule has 11 nitrogen and oxygen atoms in total. The molecule has 268 valence electrons. The summed E-state index contributed by atoms with van der Waals surface area (Å²) in [6.45, 7) is 16.1. The average molecular weight is 683 g/mol. The third-order valence-electron chi connectivity index (χ3n) is 8.34. The lowest BCUT2D eigenvalue weighted by atomic mass is 9.80. The number of aliphatic hydroxyl groups is 2. The minimum Gasteiger partial charge on any atom is -0.459 e. The maximum absolute atomic E-state index is 13.6. The van der Waals surface area contributed by atoms with Gasteiger partial charge < -0.3 is 33.9 Å². The van der Waals surface area contributed by atoms with Crippen LogP contribution in [-0.2, 0) is 44.5 Å². The van der Waals surface area contributed by atoms with Gasteiger partial charge in [0.2, 0.25) is 0 Å². The van der Waals surface area contributed by atoms with Gasteiger partial charge in [0.1, 0.15) is 25.9 Å². The molecule has 2 atom stereocenters. The van der Waals surface area contributed by atoms with Gasteiger partial charge in [0.25, 0.3) is 0 Å². The number of aliphatic hydroxyl groups excluding tert-OH is 2.